The normalized spacial score (nSPS) is 10.1. The largest absolute Gasteiger partial charge is 0.504 e. The lowest BCUT2D eigenvalue weighted by molar-refractivity contribution is -0.137. The van der Waals surface area contributed by atoms with Crippen LogP contribution in [-0.4, -0.2) is 23.3 Å². The third-order valence-corrected chi connectivity index (χ3v) is 2.39. The molecule has 0 aromatic heterocycles. The van der Waals surface area contributed by atoms with Crippen molar-refractivity contribution < 1.29 is 19.7 Å². The average Bonchev–Trinajstić information content (AvgIpc) is 2.26. The Morgan fingerprint density at radius 2 is 2.12 bits per heavy atom. The van der Waals surface area contributed by atoms with Crippen molar-refractivity contribution in [3.05, 3.63) is 23.8 Å². The number of phenolic OH excluding ortho intramolecular Hbond substituents is 1. The minimum Gasteiger partial charge on any atom is -0.504 e. The van der Waals surface area contributed by atoms with Gasteiger partial charge in [-0.15, -0.1) is 0 Å². The van der Waals surface area contributed by atoms with E-state index in [0.717, 1.165) is 12.0 Å². The zero-order valence-electron chi connectivity index (χ0n) is 9.27. The van der Waals surface area contributed by atoms with Gasteiger partial charge < -0.3 is 14.9 Å². The number of hydrogen-bond acceptors (Lipinski definition) is 3. The van der Waals surface area contributed by atoms with E-state index in [-0.39, 0.29) is 12.2 Å². The van der Waals surface area contributed by atoms with Gasteiger partial charge in [0.2, 0.25) is 0 Å². The SMILES string of the molecule is COc1cccc(CCCCC(=O)O)c1O. The number of ether oxygens (including phenoxy) is 1. The predicted octanol–water partition coefficient (Wildman–Crippen LogP) is 2.20. The lowest BCUT2D eigenvalue weighted by atomic mass is 10.1. The minimum atomic E-state index is -0.783. The molecule has 4 nitrogen and oxygen atoms in total. The Morgan fingerprint density at radius 1 is 1.38 bits per heavy atom. The van der Waals surface area contributed by atoms with E-state index in [9.17, 15) is 9.90 Å². The number of unbranched alkanes of at least 4 members (excludes halogenated alkanes) is 1. The molecule has 0 atom stereocenters. The summed E-state index contributed by atoms with van der Waals surface area (Å²) in [5.74, 6) is -0.175. The molecule has 0 spiro atoms. The molecular weight excluding hydrogens is 208 g/mol. The number of aryl methyl sites for hydroxylation is 1. The van der Waals surface area contributed by atoms with E-state index in [1.165, 1.54) is 7.11 Å². The van der Waals surface area contributed by atoms with Gasteiger partial charge in [-0.25, -0.2) is 0 Å². The molecule has 0 aliphatic heterocycles. The van der Waals surface area contributed by atoms with Crippen molar-refractivity contribution in [2.24, 2.45) is 0 Å². The summed E-state index contributed by atoms with van der Waals surface area (Å²) < 4.78 is 4.99. The molecule has 0 saturated heterocycles. The Kier molecular flexibility index (Phi) is 4.64. The molecule has 1 aromatic carbocycles. The van der Waals surface area contributed by atoms with E-state index in [1.807, 2.05) is 12.1 Å². The number of carbonyl (C=O) groups is 1. The Bertz CT molecular complexity index is 360. The first-order valence-electron chi connectivity index (χ1n) is 5.21. The smallest absolute Gasteiger partial charge is 0.303 e. The van der Waals surface area contributed by atoms with Crippen molar-refractivity contribution in [3.63, 3.8) is 0 Å². The molecule has 0 aliphatic rings. The fourth-order valence-corrected chi connectivity index (χ4v) is 1.53. The van der Waals surface area contributed by atoms with E-state index in [2.05, 4.69) is 0 Å². The van der Waals surface area contributed by atoms with Crippen LogP contribution in [0.2, 0.25) is 0 Å². The standard InChI is InChI=1S/C12H16O4/c1-16-10-7-4-6-9(12(10)15)5-2-3-8-11(13)14/h4,6-7,15H,2-3,5,8H2,1H3,(H,13,14). The zero-order chi connectivity index (χ0) is 12.0. The van der Waals surface area contributed by atoms with Crippen LogP contribution in [0.3, 0.4) is 0 Å². The summed E-state index contributed by atoms with van der Waals surface area (Å²) >= 11 is 0. The molecule has 0 saturated carbocycles. The summed E-state index contributed by atoms with van der Waals surface area (Å²) in [5.41, 5.74) is 0.796. The van der Waals surface area contributed by atoms with Crippen molar-refractivity contribution in [3.8, 4) is 11.5 Å². The van der Waals surface area contributed by atoms with E-state index in [0.29, 0.717) is 18.6 Å². The molecule has 0 bridgehead atoms. The maximum absolute atomic E-state index is 10.3. The van der Waals surface area contributed by atoms with Crippen LogP contribution < -0.4 is 4.74 Å². The molecule has 1 aromatic rings. The molecule has 0 fully saturated rings. The lowest BCUT2D eigenvalue weighted by Crippen LogP contribution is -1.95. The van der Waals surface area contributed by atoms with Gasteiger partial charge >= 0.3 is 5.97 Å². The molecule has 4 heteroatoms. The highest BCUT2D eigenvalue weighted by atomic mass is 16.5. The summed E-state index contributed by atoms with van der Waals surface area (Å²) in [5, 5.41) is 18.2. The van der Waals surface area contributed by atoms with Gasteiger partial charge in [0.25, 0.3) is 0 Å². The van der Waals surface area contributed by atoms with Crippen LogP contribution >= 0.6 is 0 Å². The summed E-state index contributed by atoms with van der Waals surface area (Å²) in [6.07, 6.45) is 2.19. The van der Waals surface area contributed by atoms with Crippen LogP contribution in [0.15, 0.2) is 18.2 Å². The summed E-state index contributed by atoms with van der Waals surface area (Å²) in [6, 6.07) is 5.32. The number of aliphatic carboxylic acids is 1. The number of benzene rings is 1. The van der Waals surface area contributed by atoms with E-state index < -0.39 is 5.97 Å². The predicted molar refractivity (Wildman–Crippen MR) is 59.8 cm³/mol. The second-order valence-electron chi connectivity index (χ2n) is 3.57. The summed E-state index contributed by atoms with van der Waals surface area (Å²) in [4.78, 5) is 10.3. The van der Waals surface area contributed by atoms with Crippen LogP contribution in [0.5, 0.6) is 11.5 Å². The van der Waals surface area contributed by atoms with E-state index in [1.54, 1.807) is 6.07 Å². The van der Waals surface area contributed by atoms with Gasteiger partial charge in [0.05, 0.1) is 7.11 Å². The van der Waals surface area contributed by atoms with Crippen LogP contribution in [0.4, 0.5) is 0 Å². The summed E-state index contributed by atoms with van der Waals surface area (Å²) in [7, 11) is 1.50. The summed E-state index contributed by atoms with van der Waals surface area (Å²) in [6.45, 7) is 0. The third kappa shape index (κ3) is 3.46. The Hall–Kier alpha value is -1.71. The van der Waals surface area contributed by atoms with Gasteiger partial charge in [0, 0.05) is 6.42 Å². The third-order valence-electron chi connectivity index (χ3n) is 2.39. The monoisotopic (exact) mass is 224 g/mol. The van der Waals surface area contributed by atoms with Gasteiger partial charge in [-0.05, 0) is 30.9 Å². The van der Waals surface area contributed by atoms with Gasteiger partial charge in [-0.2, -0.15) is 0 Å². The number of methoxy groups -OCH3 is 1. The van der Waals surface area contributed by atoms with Crippen LogP contribution in [-0.2, 0) is 11.2 Å². The molecule has 0 amide bonds. The average molecular weight is 224 g/mol. The molecule has 0 unspecified atom stereocenters. The molecule has 2 N–H and O–H groups in total. The topological polar surface area (TPSA) is 66.8 Å². The number of rotatable bonds is 6. The van der Waals surface area contributed by atoms with Crippen molar-refractivity contribution >= 4 is 5.97 Å². The molecule has 0 radical (unpaired) electrons. The van der Waals surface area contributed by atoms with Gasteiger partial charge in [0.1, 0.15) is 0 Å². The number of carboxylic acid groups (broad SMARTS) is 1. The van der Waals surface area contributed by atoms with Crippen LogP contribution in [0, 0.1) is 0 Å². The van der Waals surface area contributed by atoms with Crippen molar-refractivity contribution in [1.29, 1.82) is 0 Å². The van der Waals surface area contributed by atoms with Crippen molar-refractivity contribution in [1.82, 2.24) is 0 Å². The maximum Gasteiger partial charge on any atom is 0.303 e. The first kappa shape index (κ1) is 12.4. The molecule has 1 rings (SSSR count). The van der Waals surface area contributed by atoms with E-state index in [4.69, 9.17) is 9.84 Å². The minimum absolute atomic E-state index is 0.153. The van der Waals surface area contributed by atoms with Crippen molar-refractivity contribution in [2.45, 2.75) is 25.7 Å². The molecule has 0 aliphatic carbocycles. The van der Waals surface area contributed by atoms with Crippen LogP contribution in [0.25, 0.3) is 0 Å². The van der Waals surface area contributed by atoms with Crippen LogP contribution in [0.1, 0.15) is 24.8 Å². The first-order chi connectivity index (χ1) is 7.65. The molecule has 0 heterocycles. The van der Waals surface area contributed by atoms with Crippen molar-refractivity contribution in [2.75, 3.05) is 7.11 Å². The Morgan fingerprint density at radius 3 is 2.75 bits per heavy atom. The van der Waals surface area contributed by atoms with Gasteiger partial charge in [-0.3, -0.25) is 4.79 Å². The number of carboxylic acids is 1. The lowest BCUT2D eigenvalue weighted by Gasteiger charge is -2.08. The molecular formula is C12H16O4. The number of phenols is 1. The second kappa shape index (κ2) is 6.00. The number of para-hydroxylation sites is 1. The second-order valence-corrected chi connectivity index (χ2v) is 3.57. The first-order valence-corrected chi connectivity index (χ1v) is 5.21. The highest BCUT2D eigenvalue weighted by Crippen LogP contribution is 2.30. The van der Waals surface area contributed by atoms with E-state index >= 15 is 0 Å². The highest BCUT2D eigenvalue weighted by Gasteiger charge is 2.06. The molecule has 16 heavy (non-hydrogen) atoms. The number of aromatic hydroxyl groups is 1. The Balaban J connectivity index is 2.50. The quantitative estimate of drug-likeness (QED) is 0.727. The number of hydrogen-bond donors (Lipinski definition) is 2. The fraction of sp³-hybridized carbons (Fsp3) is 0.417. The zero-order valence-corrected chi connectivity index (χ0v) is 9.27. The van der Waals surface area contributed by atoms with Gasteiger partial charge in [0.15, 0.2) is 11.5 Å². The van der Waals surface area contributed by atoms with Gasteiger partial charge in [-0.1, -0.05) is 12.1 Å². The highest BCUT2D eigenvalue weighted by molar-refractivity contribution is 5.66. The molecule has 88 valence electrons. The maximum atomic E-state index is 10.3. The Labute approximate surface area is 94.5 Å². The fourth-order valence-electron chi connectivity index (χ4n) is 1.53.